The number of para-hydroxylation sites is 1. The van der Waals surface area contributed by atoms with Crippen molar-refractivity contribution < 1.29 is 4.39 Å². The average Bonchev–Trinajstić information content (AvgIpc) is 2.75. The van der Waals surface area contributed by atoms with E-state index in [1.807, 2.05) is 6.07 Å². The number of benzene rings is 1. The highest BCUT2D eigenvalue weighted by Crippen LogP contribution is 2.41. The zero-order valence-corrected chi connectivity index (χ0v) is 10.2. The quantitative estimate of drug-likeness (QED) is 0.803. The molecule has 1 atom stereocenters. The number of nitrogens with one attached hydrogen (secondary N) is 1. The van der Waals surface area contributed by atoms with Gasteiger partial charge < -0.3 is 10.2 Å². The minimum Gasteiger partial charge on any atom is -0.382 e. The van der Waals surface area contributed by atoms with Gasteiger partial charge in [0.05, 0.1) is 5.69 Å². The van der Waals surface area contributed by atoms with Gasteiger partial charge in [-0.2, -0.15) is 0 Å². The van der Waals surface area contributed by atoms with E-state index >= 15 is 0 Å². The van der Waals surface area contributed by atoms with Gasteiger partial charge in [-0.25, -0.2) is 4.39 Å². The van der Waals surface area contributed by atoms with Crippen LogP contribution in [0.3, 0.4) is 0 Å². The Morgan fingerprint density at radius 2 is 2.06 bits per heavy atom. The lowest BCUT2D eigenvalue weighted by molar-refractivity contribution is 0.202. The molecule has 1 fully saturated rings. The maximum atomic E-state index is 13.6. The van der Waals surface area contributed by atoms with Crippen molar-refractivity contribution in [1.29, 1.82) is 0 Å². The van der Waals surface area contributed by atoms with Gasteiger partial charge in [0.2, 0.25) is 0 Å². The molecule has 0 saturated carbocycles. The molecular formula is C14H19FN2. The maximum absolute atomic E-state index is 13.6. The van der Waals surface area contributed by atoms with Gasteiger partial charge in [-0.15, -0.1) is 0 Å². The molecule has 3 rings (SSSR count). The largest absolute Gasteiger partial charge is 0.382 e. The van der Waals surface area contributed by atoms with Crippen LogP contribution in [0.25, 0.3) is 0 Å². The summed E-state index contributed by atoms with van der Waals surface area (Å²) in [6.07, 6.45) is 2.47. The van der Waals surface area contributed by atoms with Crippen molar-refractivity contribution in [2.45, 2.75) is 18.8 Å². The fourth-order valence-corrected chi connectivity index (χ4v) is 3.21. The van der Waals surface area contributed by atoms with Crippen molar-refractivity contribution in [3.63, 3.8) is 0 Å². The van der Waals surface area contributed by atoms with Gasteiger partial charge >= 0.3 is 0 Å². The molecule has 1 aromatic carbocycles. The van der Waals surface area contributed by atoms with Crippen molar-refractivity contribution in [1.82, 2.24) is 4.90 Å². The third kappa shape index (κ3) is 1.93. The van der Waals surface area contributed by atoms with E-state index in [1.54, 1.807) is 6.07 Å². The van der Waals surface area contributed by atoms with Gasteiger partial charge in [0.1, 0.15) is 5.82 Å². The molecule has 1 aromatic rings. The number of rotatable bonds is 1. The van der Waals surface area contributed by atoms with Gasteiger partial charge in [0, 0.05) is 12.5 Å². The van der Waals surface area contributed by atoms with Crippen LogP contribution >= 0.6 is 0 Å². The summed E-state index contributed by atoms with van der Waals surface area (Å²) < 4.78 is 13.6. The zero-order chi connectivity index (χ0) is 11.8. The first-order valence-corrected chi connectivity index (χ1v) is 6.46. The van der Waals surface area contributed by atoms with Crippen LogP contribution in [0.15, 0.2) is 18.2 Å². The van der Waals surface area contributed by atoms with E-state index in [2.05, 4.69) is 23.3 Å². The highest BCUT2D eigenvalue weighted by Gasteiger charge is 2.32. The number of piperidine rings is 1. The van der Waals surface area contributed by atoms with E-state index in [0.29, 0.717) is 11.8 Å². The van der Waals surface area contributed by atoms with Crippen molar-refractivity contribution in [2.75, 3.05) is 32.0 Å². The summed E-state index contributed by atoms with van der Waals surface area (Å²) in [5.41, 5.74) is 1.94. The first-order valence-electron chi connectivity index (χ1n) is 6.46. The Balaban J connectivity index is 1.82. The lowest BCUT2D eigenvalue weighted by Gasteiger charge is -2.32. The van der Waals surface area contributed by atoms with Crippen molar-refractivity contribution in [2.24, 2.45) is 5.92 Å². The molecular weight excluding hydrogens is 215 g/mol. The second kappa shape index (κ2) is 4.30. The smallest absolute Gasteiger partial charge is 0.146 e. The van der Waals surface area contributed by atoms with E-state index in [0.717, 1.165) is 12.2 Å². The highest BCUT2D eigenvalue weighted by molar-refractivity contribution is 5.58. The van der Waals surface area contributed by atoms with Gasteiger partial charge in [-0.1, -0.05) is 12.1 Å². The summed E-state index contributed by atoms with van der Waals surface area (Å²) in [6, 6.07) is 5.47. The monoisotopic (exact) mass is 234 g/mol. The number of hydrogen-bond donors (Lipinski definition) is 1. The van der Waals surface area contributed by atoms with Crippen molar-refractivity contribution >= 4 is 5.69 Å². The predicted octanol–water partition coefficient (Wildman–Crippen LogP) is 2.68. The normalized spacial score (nSPS) is 25.6. The summed E-state index contributed by atoms with van der Waals surface area (Å²) in [4.78, 5) is 2.38. The lowest BCUT2D eigenvalue weighted by atomic mass is 9.81. The van der Waals surface area contributed by atoms with Crippen LogP contribution in [-0.4, -0.2) is 31.6 Å². The van der Waals surface area contributed by atoms with E-state index in [4.69, 9.17) is 0 Å². The molecule has 1 saturated heterocycles. The average molecular weight is 234 g/mol. The Bertz CT molecular complexity index is 411. The predicted molar refractivity (Wildman–Crippen MR) is 67.9 cm³/mol. The third-order valence-electron chi connectivity index (χ3n) is 4.28. The van der Waals surface area contributed by atoms with Crippen LogP contribution in [0.5, 0.6) is 0 Å². The molecule has 0 bridgehead atoms. The summed E-state index contributed by atoms with van der Waals surface area (Å²) in [6.45, 7) is 3.25. The Morgan fingerprint density at radius 1 is 1.29 bits per heavy atom. The fourth-order valence-electron chi connectivity index (χ4n) is 3.21. The number of hydrogen-bond acceptors (Lipinski definition) is 2. The number of fused-ring (bicyclic) bond motifs is 1. The molecule has 0 aromatic heterocycles. The minimum absolute atomic E-state index is 0.0991. The van der Waals surface area contributed by atoms with Gasteiger partial charge in [0.25, 0.3) is 0 Å². The lowest BCUT2D eigenvalue weighted by Crippen LogP contribution is -2.33. The molecule has 2 heterocycles. The Labute approximate surface area is 102 Å². The summed E-state index contributed by atoms with van der Waals surface area (Å²) in [5, 5.41) is 3.24. The van der Waals surface area contributed by atoms with Crippen LogP contribution in [0.4, 0.5) is 10.1 Å². The molecule has 2 aliphatic heterocycles. The zero-order valence-electron chi connectivity index (χ0n) is 10.2. The molecule has 92 valence electrons. The van der Waals surface area contributed by atoms with Gasteiger partial charge in [0.15, 0.2) is 0 Å². The van der Waals surface area contributed by atoms with Crippen LogP contribution < -0.4 is 5.32 Å². The Kier molecular flexibility index (Phi) is 2.79. The SMILES string of the molecule is CN1CCC(C2CNc3c(F)cccc32)CC1. The molecule has 1 N–H and O–H groups in total. The molecule has 2 nitrogen and oxygen atoms in total. The Morgan fingerprint density at radius 3 is 2.82 bits per heavy atom. The summed E-state index contributed by atoms with van der Waals surface area (Å²) >= 11 is 0. The molecule has 0 spiro atoms. The second-order valence-electron chi connectivity index (χ2n) is 5.33. The first kappa shape index (κ1) is 11.0. The molecule has 0 amide bonds. The van der Waals surface area contributed by atoms with Crippen LogP contribution in [0, 0.1) is 11.7 Å². The third-order valence-corrected chi connectivity index (χ3v) is 4.28. The standard InChI is InChI=1S/C14H19FN2/c1-17-7-5-10(6-8-17)12-9-16-14-11(12)3-2-4-13(14)15/h2-4,10,12,16H,5-9H2,1H3. The van der Waals surface area contributed by atoms with Crippen LogP contribution in [-0.2, 0) is 0 Å². The van der Waals surface area contributed by atoms with Crippen LogP contribution in [0.1, 0.15) is 24.3 Å². The fraction of sp³-hybridized carbons (Fsp3) is 0.571. The highest BCUT2D eigenvalue weighted by atomic mass is 19.1. The number of anilines is 1. The number of nitrogens with zero attached hydrogens (tertiary/aromatic N) is 1. The summed E-state index contributed by atoms with van der Waals surface area (Å²) in [7, 11) is 2.18. The van der Waals surface area contributed by atoms with Gasteiger partial charge in [-0.3, -0.25) is 0 Å². The van der Waals surface area contributed by atoms with Gasteiger partial charge in [-0.05, 0) is 50.5 Å². The topological polar surface area (TPSA) is 15.3 Å². The van der Waals surface area contributed by atoms with E-state index in [-0.39, 0.29) is 5.82 Å². The molecule has 1 unspecified atom stereocenters. The minimum atomic E-state index is -0.0991. The molecule has 2 aliphatic rings. The number of halogens is 1. The molecule has 17 heavy (non-hydrogen) atoms. The summed E-state index contributed by atoms with van der Waals surface area (Å²) in [5.74, 6) is 1.12. The van der Waals surface area contributed by atoms with E-state index in [9.17, 15) is 4.39 Å². The molecule has 0 aliphatic carbocycles. The van der Waals surface area contributed by atoms with E-state index in [1.165, 1.54) is 31.5 Å². The van der Waals surface area contributed by atoms with Crippen molar-refractivity contribution in [3.05, 3.63) is 29.6 Å². The molecule has 3 heteroatoms. The van der Waals surface area contributed by atoms with Crippen molar-refractivity contribution in [3.8, 4) is 0 Å². The Hall–Kier alpha value is -1.09. The second-order valence-corrected chi connectivity index (χ2v) is 5.33. The first-order chi connectivity index (χ1) is 8.25. The van der Waals surface area contributed by atoms with Crippen LogP contribution in [0.2, 0.25) is 0 Å². The number of likely N-dealkylation sites (tertiary alicyclic amines) is 1. The van der Waals surface area contributed by atoms with E-state index < -0.39 is 0 Å². The molecule has 0 radical (unpaired) electrons. The maximum Gasteiger partial charge on any atom is 0.146 e.